The minimum absolute atomic E-state index is 0. The Kier molecular flexibility index (Phi) is 38.0. The average Bonchev–Trinajstić information content (AvgIpc) is 4.12. The number of thiazole rings is 1. The van der Waals surface area contributed by atoms with E-state index >= 15 is 0 Å². The van der Waals surface area contributed by atoms with Crippen LogP contribution in [0.3, 0.4) is 0 Å². The number of halogens is 3. The summed E-state index contributed by atoms with van der Waals surface area (Å²) in [4.78, 5) is 21.1. The van der Waals surface area contributed by atoms with Gasteiger partial charge in [0.15, 0.2) is 9.62 Å². The largest absolute Gasteiger partial charge is 0.481 e. The topological polar surface area (TPSA) is 126 Å². The van der Waals surface area contributed by atoms with E-state index in [0.29, 0.717) is 15.5 Å². The molecule has 0 radical (unpaired) electrons. The van der Waals surface area contributed by atoms with E-state index in [1.54, 1.807) is 37.0 Å². The first kappa shape index (κ1) is 61.7. The van der Waals surface area contributed by atoms with Crippen LogP contribution in [-0.4, -0.2) is 37.2 Å². The van der Waals surface area contributed by atoms with Crippen LogP contribution in [0.25, 0.3) is 0 Å². The number of methoxy groups -OCH3 is 1. The van der Waals surface area contributed by atoms with Crippen LogP contribution < -0.4 is 4.74 Å². The van der Waals surface area contributed by atoms with Crippen molar-refractivity contribution in [2.45, 2.75) is 130 Å². The zero-order valence-corrected chi connectivity index (χ0v) is 39.1. The van der Waals surface area contributed by atoms with Gasteiger partial charge in [-0.1, -0.05) is 117 Å². The number of hydrogen-bond donors (Lipinski definition) is 0. The molecule has 0 saturated carbocycles. The summed E-state index contributed by atoms with van der Waals surface area (Å²) in [6.45, 7) is 18.5. The first-order chi connectivity index (χ1) is 28.4. The summed E-state index contributed by atoms with van der Waals surface area (Å²) in [5.74, 6) is 3.39. The van der Waals surface area contributed by atoms with Crippen molar-refractivity contribution in [3.05, 3.63) is 157 Å². The number of hydrogen-bond acceptors (Lipinski definition) is 11. The molecule has 0 amide bonds. The highest BCUT2D eigenvalue weighted by Gasteiger charge is 1.97. The lowest BCUT2D eigenvalue weighted by Gasteiger charge is -1.97. The molecule has 0 spiro atoms. The van der Waals surface area contributed by atoms with Gasteiger partial charge in [-0.15, -0.1) is 11.3 Å². The number of oxazole rings is 1. The fourth-order valence-electron chi connectivity index (χ4n) is 4.02. The molecule has 7 aromatic rings. The maximum absolute atomic E-state index is 5.55. The van der Waals surface area contributed by atoms with E-state index in [-0.39, 0.29) is 27.6 Å². The first-order valence-electron chi connectivity index (χ1n) is 19.6. The predicted molar refractivity (Wildman–Crippen MR) is 263 cm³/mol. The van der Waals surface area contributed by atoms with Crippen LogP contribution in [0.15, 0.2) is 105 Å². The SMILES string of the molecule is C.C.C.CCc1cc(Cl)no1.CCc1ccc(C)nc1.CCc1ccc(C)nc1.CCc1ccc(OC)nc1.CCc1ccco1.CCc1cnc(Cl)o1.CCc1cnc(Cl)s1. The molecule has 0 aliphatic heterocycles. The molecule has 14 heteroatoms. The number of rotatable bonds is 8. The fourth-order valence-corrected chi connectivity index (χ4v) is 5.24. The molecule has 0 unspecified atom stereocenters. The van der Waals surface area contributed by atoms with Crippen molar-refractivity contribution in [2.75, 3.05) is 7.11 Å². The molecule has 62 heavy (non-hydrogen) atoms. The van der Waals surface area contributed by atoms with Gasteiger partial charge in [0.05, 0.1) is 19.6 Å². The molecule has 0 atom stereocenters. The minimum Gasteiger partial charge on any atom is -0.481 e. The smallest absolute Gasteiger partial charge is 0.292 e. The monoisotopic (exact) mass is 932 g/mol. The van der Waals surface area contributed by atoms with E-state index in [0.717, 1.165) is 73.6 Å². The zero-order chi connectivity index (χ0) is 43.8. The molecule has 0 bridgehead atoms. The summed E-state index contributed by atoms with van der Waals surface area (Å²) < 4.78 is 20.1. The van der Waals surface area contributed by atoms with Gasteiger partial charge in [0.25, 0.3) is 5.35 Å². The Labute approximate surface area is 391 Å². The standard InChI is InChI=1S/C8H11NO.2C8H11N.C6H8O.2C5H6ClNO.C5H6ClNS.3CH4/c1-3-7-4-5-8(10-2)9-6-7;2*1-3-8-5-4-7(2)9-6-8;1-2-6-4-3-5-7-6;1-2-4-3-7-5(6)8-4;1-2-4-3-5(6)7-8-4;1-2-4-3-7-5(6)8-4;;;/h4-6H,3H2,1-2H3;2*4-6H,3H2,1-2H3;3-5H,2H2,1H3;3*3H,2H2,1H3;3*1H4. The maximum Gasteiger partial charge on any atom is 0.292 e. The number of aryl methyl sites for hydroxylation is 9. The van der Waals surface area contributed by atoms with Crippen LogP contribution >= 0.6 is 46.1 Å². The lowest BCUT2D eigenvalue weighted by Crippen LogP contribution is -1.87. The van der Waals surface area contributed by atoms with Crippen molar-refractivity contribution in [3.63, 3.8) is 0 Å². The number of ether oxygens (including phenoxy) is 1. The van der Waals surface area contributed by atoms with Crippen molar-refractivity contribution in [1.82, 2.24) is 30.1 Å². The second-order valence-corrected chi connectivity index (χ2v) is 14.6. The molecule has 0 saturated heterocycles. The van der Waals surface area contributed by atoms with Crippen molar-refractivity contribution in [3.8, 4) is 5.88 Å². The summed E-state index contributed by atoms with van der Waals surface area (Å²) in [6.07, 6.45) is 17.7. The van der Waals surface area contributed by atoms with Crippen LogP contribution in [-0.2, 0) is 44.9 Å². The predicted octanol–water partition coefficient (Wildman–Crippen LogP) is 15.4. The van der Waals surface area contributed by atoms with Crippen LogP contribution in [0.4, 0.5) is 0 Å². The Hall–Kier alpha value is -4.55. The van der Waals surface area contributed by atoms with Crippen molar-refractivity contribution in [1.29, 1.82) is 0 Å². The van der Waals surface area contributed by atoms with Crippen LogP contribution in [0.1, 0.15) is 121 Å². The quantitative estimate of drug-likeness (QED) is 0.145. The highest BCUT2D eigenvalue weighted by molar-refractivity contribution is 7.15. The molecule has 344 valence electrons. The summed E-state index contributed by atoms with van der Waals surface area (Å²) in [7, 11) is 1.62. The van der Waals surface area contributed by atoms with Gasteiger partial charge in [-0.05, 0) is 92.1 Å². The Morgan fingerprint density at radius 3 is 1.34 bits per heavy atom. The normalized spacial score (nSPS) is 9.11. The summed E-state index contributed by atoms with van der Waals surface area (Å²) in [5.41, 5.74) is 6.03. The van der Waals surface area contributed by atoms with Gasteiger partial charge in [0, 0.05) is 72.4 Å². The lowest BCUT2D eigenvalue weighted by atomic mass is 10.2. The zero-order valence-electron chi connectivity index (χ0n) is 36.0. The van der Waals surface area contributed by atoms with Crippen molar-refractivity contribution in [2.24, 2.45) is 0 Å². The second kappa shape index (κ2) is 38.2. The fraction of sp³-hybridized carbons (Fsp3) is 0.417. The number of nitrogens with zero attached hydrogens (tertiary/aromatic N) is 6. The first-order valence-corrected chi connectivity index (χ1v) is 21.5. The average molecular weight is 935 g/mol. The van der Waals surface area contributed by atoms with E-state index in [9.17, 15) is 0 Å². The van der Waals surface area contributed by atoms with E-state index in [1.165, 1.54) is 21.6 Å². The molecule has 7 rings (SSSR count). The van der Waals surface area contributed by atoms with Gasteiger partial charge in [0.1, 0.15) is 17.3 Å². The molecule has 0 N–H and O–H groups in total. The Balaban J connectivity index is -0.000000651. The summed E-state index contributed by atoms with van der Waals surface area (Å²) in [6, 6.07) is 17.8. The van der Waals surface area contributed by atoms with Gasteiger partial charge >= 0.3 is 0 Å². The Morgan fingerprint density at radius 2 is 1.10 bits per heavy atom. The van der Waals surface area contributed by atoms with E-state index in [2.05, 4.69) is 76.8 Å². The summed E-state index contributed by atoms with van der Waals surface area (Å²) >= 11 is 17.9. The highest BCUT2D eigenvalue weighted by Crippen LogP contribution is 2.17. The molecular formula is C48H71Cl3N6O4S. The molecule has 10 nitrogen and oxygen atoms in total. The Morgan fingerprint density at radius 1 is 0.565 bits per heavy atom. The van der Waals surface area contributed by atoms with Crippen molar-refractivity contribution < 1.29 is 18.1 Å². The number of aromatic nitrogens is 6. The minimum atomic E-state index is 0. The van der Waals surface area contributed by atoms with Crippen LogP contribution in [0.5, 0.6) is 5.88 Å². The van der Waals surface area contributed by atoms with Gasteiger partial charge in [-0.25, -0.2) is 15.0 Å². The molecule has 7 heterocycles. The lowest BCUT2D eigenvalue weighted by molar-refractivity contribution is 0.387. The van der Waals surface area contributed by atoms with Gasteiger partial charge in [0.2, 0.25) is 5.88 Å². The summed E-state index contributed by atoms with van der Waals surface area (Å²) in [5, 5.41) is 4.13. The third-order valence-electron chi connectivity index (χ3n) is 7.73. The highest BCUT2D eigenvalue weighted by atomic mass is 35.5. The van der Waals surface area contributed by atoms with E-state index in [1.807, 2.05) is 88.9 Å². The van der Waals surface area contributed by atoms with E-state index in [4.69, 9.17) is 52.9 Å². The molecule has 0 aliphatic carbocycles. The third kappa shape index (κ3) is 28.9. The van der Waals surface area contributed by atoms with Gasteiger partial charge in [-0.2, -0.15) is 0 Å². The third-order valence-corrected chi connectivity index (χ3v) is 9.34. The molecule has 0 aliphatic rings. The van der Waals surface area contributed by atoms with Crippen LogP contribution in [0.2, 0.25) is 15.0 Å². The molecular weight excluding hydrogens is 863 g/mol. The molecule has 0 aromatic carbocycles. The maximum atomic E-state index is 5.55. The Bertz CT molecular complexity index is 1850. The molecule has 7 aromatic heterocycles. The van der Waals surface area contributed by atoms with E-state index < -0.39 is 0 Å². The van der Waals surface area contributed by atoms with Gasteiger partial charge < -0.3 is 18.1 Å². The van der Waals surface area contributed by atoms with Crippen LogP contribution in [0, 0.1) is 13.8 Å². The number of pyridine rings is 3. The number of furan rings is 1. The second-order valence-electron chi connectivity index (χ2n) is 12.2. The van der Waals surface area contributed by atoms with Gasteiger partial charge in [-0.3, -0.25) is 9.97 Å². The molecule has 0 fully saturated rings. The van der Waals surface area contributed by atoms with Crippen molar-refractivity contribution >= 4 is 46.1 Å².